The van der Waals surface area contributed by atoms with Crippen LogP contribution < -0.4 is 5.12 Å². The van der Waals surface area contributed by atoms with Gasteiger partial charge in [0.05, 0.1) is 12.2 Å². The normalized spacial score (nSPS) is 10.1. The van der Waals surface area contributed by atoms with Crippen LogP contribution in [-0.2, 0) is 6.42 Å². The van der Waals surface area contributed by atoms with Gasteiger partial charge in [0, 0.05) is 0 Å². The Balaban J connectivity index is 1.92. The van der Waals surface area contributed by atoms with Crippen LogP contribution in [0.3, 0.4) is 0 Å². The molecule has 0 aromatic heterocycles. The smallest absolute Gasteiger partial charge is 0.0687 e. The fraction of sp³-hybridized carbons (Fsp3) is 0.143. The summed E-state index contributed by atoms with van der Waals surface area (Å²) in [5, 5.41) is 0.785. The average molecular weight is 215 g/mol. The molecule has 0 bridgehead atoms. The van der Waals surface area contributed by atoms with Crippen molar-refractivity contribution in [1.29, 1.82) is 0 Å². The summed E-state index contributed by atoms with van der Waals surface area (Å²) in [5.41, 5.74) is 1.76. The largest absolute Gasteiger partial charge is 0.211 e. The number of anilines is 1. The van der Waals surface area contributed by atoms with E-state index >= 15 is 0 Å². The number of hydrogen-bond donors (Lipinski definition) is 0. The number of rotatable bonds is 4. The van der Waals surface area contributed by atoms with Gasteiger partial charge in [0.1, 0.15) is 0 Å². The Labute approximate surface area is 95.1 Å². The summed E-state index contributed by atoms with van der Waals surface area (Å²) < 4.78 is 13.7. The first-order valence-corrected chi connectivity index (χ1v) is 5.38. The van der Waals surface area contributed by atoms with Gasteiger partial charge < -0.3 is 0 Å². The first-order valence-electron chi connectivity index (χ1n) is 5.38. The molecular formula is C14H14FN. The molecule has 0 aliphatic heterocycles. The standard InChI is InChI=1S/C14H14FN/c15-16(14-9-5-2-6-10-14)12-11-13-7-3-1-4-8-13/h1-10H,11-12H2. The second-order valence-corrected chi connectivity index (χ2v) is 3.66. The van der Waals surface area contributed by atoms with E-state index in [2.05, 4.69) is 0 Å². The van der Waals surface area contributed by atoms with Crippen LogP contribution in [0.25, 0.3) is 0 Å². The van der Waals surface area contributed by atoms with Crippen molar-refractivity contribution in [3.05, 3.63) is 66.2 Å². The fourth-order valence-electron chi connectivity index (χ4n) is 1.59. The van der Waals surface area contributed by atoms with Gasteiger partial charge in [-0.2, -0.15) is 0 Å². The van der Waals surface area contributed by atoms with E-state index in [4.69, 9.17) is 0 Å². The van der Waals surface area contributed by atoms with Gasteiger partial charge in [-0.05, 0) is 24.1 Å². The maximum Gasteiger partial charge on any atom is 0.0687 e. The number of halogens is 1. The third-order valence-corrected chi connectivity index (χ3v) is 2.48. The van der Waals surface area contributed by atoms with Crippen LogP contribution in [0.5, 0.6) is 0 Å². The van der Waals surface area contributed by atoms with E-state index in [0.717, 1.165) is 10.7 Å². The van der Waals surface area contributed by atoms with Gasteiger partial charge in [0.25, 0.3) is 0 Å². The summed E-state index contributed by atoms with van der Waals surface area (Å²) in [6.45, 7) is 0.383. The van der Waals surface area contributed by atoms with E-state index in [-0.39, 0.29) is 0 Å². The average Bonchev–Trinajstić information content (AvgIpc) is 2.38. The van der Waals surface area contributed by atoms with Crippen molar-refractivity contribution < 1.29 is 4.48 Å². The lowest BCUT2D eigenvalue weighted by Crippen LogP contribution is -2.15. The van der Waals surface area contributed by atoms with Gasteiger partial charge in [-0.15, -0.1) is 0 Å². The van der Waals surface area contributed by atoms with E-state index in [9.17, 15) is 4.48 Å². The predicted octanol–water partition coefficient (Wildman–Crippen LogP) is 3.62. The molecule has 1 nitrogen and oxygen atoms in total. The zero-order chi connectivity index (χ0) is 11.2. The van der Waals surface area contributed by atoms with Crippen molar-refractivity contribution in [2.24, 2.45) is 0 Å². The highest BCUT2D eigenvalue weighted by atomic mass is 19.2. The number of para-hydroxylation sites is 1. The van der Waals surface area contributed by atoms with E-state index in [1.807, 2.05) is 48.5 Å². The molecule has 0 aliphatic carbocycles. The molecule has 2 aromatic rings. The van der Waals surface area contributed by atoms with Crippen LogP contribution in [-0.4, -0.2) is 6.54 Å². The molecular weight excluding hydrogens is 201 g/mol. The lowest BCUT2D eigenvalue weighted by atomic mass is 10.1. The lowest BCUT2D eigenvalue weighted by Gasteiger charge is -2.13. The zero-order valence-corrected chi connectivity index (χ0v) is 9.01. The molecule has 0 unspecified atom stereocenters. The third kappa shape index (κ3) is 2.83. The molecule has 0 heterocycles. The Morgan fingerprint density at radius 2 is 1.38 bits per heavy atom. The molecule has 0 N–H and O–H groups in total. The van der Waals surface area contributed by atoms with Crippen LogP contribution in [0.1, 0.15) is 5.56 Å². The molecule has 2 heteroatoms. The van der Waals surface area contributed by atoms with E-state index in [0.29, 0.717) is 18.7 Å². The van der Waals surface area contributed by atoms with Crippen LogP contribution in [0.2, 0.25) is 0 Å². The van der Waals surface area contributed by atoms with Gasteiger partial charge in [0.2, 0.25) is 0 Å². The fourth-order valence-corrected chi connectivity index (χ4v) is 1.59. The minimum atomic E-state index is 0.383. The van der Waals surface area contributed by atoms with Crippen LogP contribution in [0, 0.1) is 0 Å². The molecule has 82 valence electrons. The minimum Gasteiger partial charge on any atom is -0.211 e. The topological polar surface area (TPSA) is 3.24 Å². The summed E-state index contributed by atoms with van der Waals surface area (Å²) >= 11 is 0. The first-order chi connectivity index (χ1) is 7.86. The quantitative estimate of drug-likeness (QED) is 0.704. The number of benzene rings is 2. The highest BCUT2D eigenvalue weighted by Crippen LogP contribution is 2.14. The summed E-state index contributed by atoms with van der Waals surface area (Å²) in [4.78, 5) is 0. The first kappa shape index (κ1) is 10.7. The number of nitrogens with zero attached hydrogens (tertiary/aromatic N) is 1. The van der Waals surface area contributed by atoms with Gasteiger partial charge in [-0.3, -0.25) is 0 Å². The van der Waals surface area contributed by atoms with Crippen molar-refractivity contribution in [2.75, 3.05) is 11.7 Å². The highest BCUT2D eigenvalue weighted by molar-refractivity contribution is 5.43. The van der Waals surface area contributed by atoms with E-state index in [1.165, 1.54) is 0 Å². The Morgan fingerprint density at radius 3 is 2.00 bits per heavy atom. The Morgan fingerprint density at radius 1 is 0.812 bits per heavy atom. The van der Waals surface area contributed by atoms with Crippen LogP contribution in [0.15, 0.2) is 60.7 Å². The van der Waals surface area contributed by atoms with Crippen molar-refractivity contribution in [3.63, 3.8) is 0 Å². The molecule has 0 radical (unpaired) electrons. The van der Waals surface area contributed by atoms with Crippen LogP contribution >= 0.6 is 0 Å². The number of hydrogen-bond acceptors (Lipinski definition) is 1. The third-order valence-electron chi connectivity index (χ3n) is 2.48. The molecule has 2 rings (SSSR count). The van der Waals surface area contributed by atoms with E-state index in [1.54, 1.807) is 12.1 Å². The molecule has 0 aliphatic rings. The predicted molar refractivity (Wildman–Crippen MR) is 65.0 cm³/mol. The SMILES string of the molecule is FN(CCc1ccccc1)c1ccccc1. The second kappa shape index (κ2) is 5.31. The molecule has 0 fully saturated rings. The molecule has 0 saturated heterocycles. The molecule has 0 spiro atoms. The summed E-state index contributed by atoms with van der Waals surface area (Å²) in [5.74, 6) is 0. The zero-order valence-electron chi connectivity index (χ0n) is 9.01. The van der Waals surface area contributed by atoms with Gasteiger partial charge >= 0.3 is 0 Å². The van der Waals surface area contributed by atoms with Crippen LogP contribution in [0.4, 0.5) is 10.2 Å². The van der Waals surface area contributed by atoms with Gasteiger partial charge in [0.15, 0.2) is 0 Å². The van der Waals surface area contributed by atoms with Crippen molar-refractivity contribution >= 4 is 5.69 Å². The summed E-state index contributed by atoms with van der Waals surface area (Å²) in [7, 11) is 0. The summed E-state index contributed by atoms with van der Waals surface area (Å²) in [6.07, 6.45) is 0.715. The molecule has 16 heavy (non-hydrogen) atoms. The molecule has 0 atom stereocenters. The van der Waals surface area contributed by atoms with E-state index < -0.39 is 0 Å². The lowest BCUT2D eigenvalue weighted by molar-refractivity contribution is 0.435. The van der Waals surface area contributed by atoms with Gasteiger partial charge in [-0.1, -0.05) is 53.0 Å². The second-order valence-electron chi connectivity index (χ2n) is 3.66. The maximum absolute atomic E-state index is 13.7. The van der Waals surface area contributed by atoms with Crippen molar-refractivity contribution in [3.8, 4) is 0 Å². The van der Waals surface area contributed by atoms with Crippen molar-refractivity contribution in [2.45, 2.75) is 6.42 Å². The molecule has 0 amide bonds. The maximum atomic E-state index is 13.7. The summed E-state index contributed by atoms with van der Waals surface area (Å²) in [6, 6.07) is 19.0. The van der Waals surface area contributed by atoms with Gasteiger partial charge in [-0.25, -0.2) is 5.12 Å². The molecule has 2 aromatic carbocycles. The van der Waals surface area contributed by atoms with Crippen molar-refractivity contribution in [1.82, 2.24) is 0 Å². The Hall–Kier alpha value is -1.83. The minimum absolute atomic E-state index is 0.383. The monoisotopic (exact) mass is 215 g/mol. The Bertz CT molecular complexity index is 413. The molecule has 0 saturated carbocycles. The Kier molecular flexibility index (Phi) is 3.54. The highest BCUT2D eigenvalue weighted by Gasteiger charge is 2.03.